The highest BCUT2D eigenvalue weighted by molar-refractivity contribution is 5.97. The number of pyridine rings is 1. The minimum atomic E-state index is -0.451. The Morgan fingerprint density at radius 1 is 1.20 bits per heavy atom. The van der Waals surface area contributed by atoms with Gasteiger partial charge in [0.05, 0.1) is 35.7 Å². The van der Waals surface area contributed by atoms with Gasteiger partial charge in [0.25, 0.3) is 11.8 Å². The molecule has 2 aromatic heterocycles. The van der Waals surface area contributed by atoms with E-state index < -0.39 is 6.10 Å². The number of piperazine rings is 1. The fourth-order valence-corrected chi connectivity index (χ4v) is 3.56. The zero-order valence-electron chi connectivity index (χ0n) is 17.1. The Morgan fingerprint density at radius 3 is 2.60 bits per heavy atom. The fourth-order valence-electron chi connectivity index (χ4n) is 3.56. The molecule has 0 aliphatic carbocycles. The molecule has 2 aliphatic heterocycles. The molecule has 0 spiro atoms. The molecule has 1 fully saturated rings. The lowest BCUT2D eigenvalue weighted by Gasteiger charge is -2.35. The van der Waals surface area contributed by atoms with Crippen LogP contribution < -0.4 is 20.3 Å². The molecule has 30 heavy (non-hydrogen) atoms. The largest absolute Gasteiger partial charge is 0.477 e. The number of carbonyl (C=O) groups excluding carboxylic acids is 2. The first-order valence-electron chi connectivity index (χ1n) is 10.0. The summed E-state index contributed by atoms with van der Waals surface area (Å²) in [5, 5.41) is 5.43. The van der Waals surface area contributed by atoms with Crippen molar-refractivity contribution in [3.8, 4) is 5.75 Å². The normalized spacial score (nSPS) is 18.9. The third kappa shape index (κ3) is 4.18. The van der Waals surface area contributed by atoms with Crippen LogP contribution in [0.2, 0.25) is 0 Å². The molecule has 10 nitrogen and oxygen atoms in total. The van der Waals surface area contributed by atoms with Crippen LogP contribution in [0.3, 0.4) is 0 Å². The summed E-state index contributed by atoms with van der Waals surface area (Å²) in [5.41, 5.74) is 2.47. The van der Waals surface area contributed by atoms with Crippen LogP contribution >= 0.6 is 0 Å². The molecular formula is C20H25N7O3. The second-order valence-corrected chi connectivity index (χ2v) is 7.28. The predicted octanol–water partition coefficient (Wildman–Crippen LogP) is 0.663. The molecule has 158 valence electrons. The zero-order valence-corrected chi connectivity index (χ0v) is 17.1. The molecule has 4 heterocycles. The van der Waals surface area contributed by atoms with E-state index in [-0.39, 0.29) is 17.6 Å². The van der Waals surface area contributed by atoms with Crippen LogP contribution in [0.15, 0.2) is 24.7 Å². The van der Waals surface area contributed by atoms with Crippen molar-refractivity contribution >= 4 is 23.2 Å². The Hall–Kier alpha value is -3.27. The molecule has 0 aromatic carbocycles. The van der Waals surface area contributed by atoms with E-state index in [1.54, 1.807) is 25.6 Å². The van der Waals surface area contributed by atoms with Gasteiger partial charge in [-0.25, -0.2) is 9.97 Å². The zero-order chi connectivity index (χ0) is 21.1. The molecule has 1 saturated heterocycles. The molecule has 2 N–H and O–H groups in total. The number of amides is 2. The van der Waals surface area contributed by atoms with E-state index >= 15 is 0 Å². The Morgan fingerprint density at radius 2 is 1.93 bits per heavy atom. The van der Waals surface area contributed by atoms with Gasteiger partial charge in [-0.1, -0.05) is 6.92 Å². The third-order valence-electron chi connectivity index (χ3n) is 5.31. The lowest BCUT2D eigenvalue weighted by Crippen LogP contribution is -2.46. The molecule has 2 aliphatic rings. The third-order valence-corrected chi connectivity index (χ3v) is 5.31. The summed E-state index contributed by atoms with van der Waals surface area (Å²) in [6.45, 7) is 5.98. The summed E-state index contributed by atoms with van der Waals surface area (Å²) in [6, 6.07) is 1.89. The standard InChI is InChI=1S/C20H25N7O3/c1-3-16-19(28)25-15-8-13(22-11-17(15)30-16)12-26-4-6-27(7-5-26)14-9-23-18(24-10-14)20(29)21-2/h8-11,16H,3-7,12H2,1-2H3,(H,21,29)(H,25,28)/t16-/m1/s1. The molecular weight excluding hydrogens is 386 g/mol. The summed E-state index contributed by atoms with van der Waals surface area (Å²) in [5.74, 6) is 0.381. The average Bonchev–Trinajstić information content (AvgIpc) is 2.78. The molecule has 2 aromatic rings. The smallest absolute Gasteiger partial charge is 0.288 e. The number of anilines is 2. The molecule has 0 saturated carbocycles. The van der Waals surface area contributed by atoms with Crippen molar-refractivity contribution in [2.24, 2.45) is 0 Å². The number of nitrogens with zero attached hydrogens (tertiary/aromatic N) is 5. The molecule has 0 bridgehead atoms. The minimum absolute atomic E-state index is 0.111. The van der Waals surface area contributed by atoms with Crippen molar-refractivity contribution in [3.05, 3.63) is 36.2 Å². The molecule has 0 radical (unpaired) electrons. The Kier molecular flexibility index (Phi) is 5.75. The van der Waals surface area contributed by atoms with E-state index in [1.807, 2.05) is 13.0 Å². The second kappa shape index (κ2) is 8.62. The summed E-state index contributed by atoms with van der Waals surface area (Å²) < 4.78 is 5.70. The molecule has 2 amide bonds. The highest BCUT2D eigenvalue weighted by atomic mass is 16.5. The first-order valence-corrected chi connectivity index (χ1v) is 10.0. The highest BCUT2D eigenvalue weighted by Crippen LogP contribution is 2.30. The van der Waals surface area contributed by atoms with Crippen LogP contribution in [-0.4, -0.2) is 71.0 Å². The number of fused-ring (bicyclic) bond motifs is 1. The Bertz CT molecular complexity index is 926. The van der Waals surface area contributed by atoms with Gasteiger partial charge in [0.15, 0.2) is 11.9 Å². The van der Waals surface area contributed by atoms with Crippen LogP contribution in [0.1, 0.15) is 29.7 Å². The topological polar surface area (TPSA) is 113 Å². The van der Waals surface area contributed by atoms with Crippen LogP contribution in [-0.2, 0) is 11.3 Å². The number of aromatic nitrogens is 3. The predicted molar refractivity (Wildman–Crippen MR) is 110 cm³/mol. The van der Waals surface area contributed by atoms with Gasteiger partial charge in [0, 0.05) is 39.8 Å². The number of ether oxygens (including phenoxy) is 1. The second-order valence-electron chi connectivity index (χ2n) is 7.28. The first-order chi connectivity index (χ1) is 14.6. The quantitative estimate of drug-likeness (QED) is 0.738. The lowest BCUT2D eigenvalue weighted by atomic mass is 10.2. The minimum Gasteiger partial charge on any atom is -0.477 e. The molecule has 10 heteroatoms. The first kappa shape index (κ1) is 20.0. The number of hydrogen-bond acceptors (Lipinski definition) is 8. The van der Waals surface area contributed by atoms with E-state index in [4.69, 9.17) is 4.74 Å². The Balaban J connectivity index is 1.34. The van der Waals surface area contributed by atoms with Crippen LogP contribution in [0.5, 0.6) is 5.75 Å². The van der Waals surface area contributed by atoms with E-state index in [9.17, 15) is 9.59 Å². The molecule has 1 atom stereocenters. The molecule has 0 unspecified atom stereocenters. The van der Waals surface area contributed by atoms with Crippen molar-refractivity contribution in [3.63, 3.8) is 0 Å². The SMILES string of the molecule is CC[C@H]1Oc2cnc(CN3CCN(c4cnc(C(=O)NC)nc4)CC3)cc2NC1=O. The fraction of sp³-hybridized carbons (Fsp3) is 0.450. The maximum Gasteiger partial charge on any atom is 0.288 e. The van der Waals surface area contributed by atoms with Crippen molar-refractivity contribution in [1.29, 1.82) is 0 Å². The van der Waals surface area contributed by atoms with Gasteiger partial charge in [0.1, 0.15) is 0 Å². The number of nitrogens with one attached hydrogen (secondary N) is 2. The monoisotopic (exact) mass is 411 g/mol. The van der Waals surface area contributed by atoms with E-state index in [2.05, 4.69) is 35.4 Å². The highest BCUT2D eigenvalue weighted by Gasteiger charge is 2.27. The van der Waals surface area contributed by atoms with Crippen molar-refractivity contribution < 1.29 is 14.3 Å². The van der Waals surface area contributed by atoms with Gasteiger partial charge in [-0.05, 0) is 12.5 Å². The van der Waals surface area contributed by atoms with Gasteiger partial charge in [0.2, 0.25) is 5.82 Å². The number of hydrogen-bond donors (Lipinski definition) is 2. The van der Waals surface area contributed by atoms with Crippen LogP contribution in [0, 0.1) is 0 Å². The van der Waals surface area contributed by atoms with E-state index in [0.29, 0.717) is 24.4 Å². The number of rotatable bonds is 5. The van der Waals surface area contributed by atoms with Gasteiger partial charge in [-0.2, -0.15) is 0 Å². The van der Waals surface area contributed by atoms with Gasteiger partial charge >= 0.3 is 0 Å². The Labute approximate surface area is 174 Å². The number of carbonyl (C=O) groups is 2. The van der Waals surface area contributed by atoms with Crippen LogP contribution in [0.4, 0.5) is 11.4 Å². The average molecular weight is 411 g/mol. The van der Waals surface area contributed by atoms with Crippen LogP contribution in [0.25, 0.3) is 0 Å². The molecule has 4 rings (SSSR count). The van der Waals surface area contributed by atoms with Crippen molar-refractivity contribution in [1.82, 2.24) is 25.2 Å². The van der Waals surface area contributed by atoms with Crippen molar-refractivity contribution in [2.45, 2.75) is 26.0 Å². The lowest BCUT2D eigenvalue weighted by molar-refractivity contribution is -0.123. The maximum absolute atomic E-state index is 12.0. The van der Waals surface area contributed by atoms with Gasteiger partial charge in [-0.15, -0.1) is 0 Å². The maximum atomic E-state index is 12.0. The summed E-state index contributed by atoms with van der Waals surface area (Å²) >= 11 is 0. The van der Waals surface area contributed by atoms with E-state index in [0.717, 1.165) is 37.6 Å². The van der Waals surface area contributed by atoms with Crippen molar-refractivity contribution in [2.75, 3.05) is 43.4 Å². The summed E-state index contributed by atoms with van der Waals surface area (Å²) in [7, 11) is 1.55. The summed E-state index contributed by atoms with van der Waals surface area (Å²) in [6.07, 6.45) is 5.23. The van der Waals surface area contributed by atoms with Gasteiger partial charge in [-0.3, -0.25) is 19.5 Å². The summed E-state index contributed by atoms with van der Waals surface area (Å²) in [4.78, 5) is 40.9. The van der Waals surface area contributed by atoms with E-state index in [1.165, 1.54) is 0 Å². The van der Waals surface area contributed by atoms with Gasteiger partial charge < -0.3 is 20.3 Å².